The number of anilines is 1. The Morgan fingerprint density at radius 1 is 0.886 bits per heavy atom. The second kappa shape index (κ2) is 11.4. The van der Waals surface area contributed by atoms with E-state index in [4.69, 9.17) is 14.6 Å². The van der Waals surface area contributed by atoms with Gasteiger partial charge in [-0.1, -0.05) is 36.4 Å². The van der Waals surface area contributed by atoms with E-state index in [-0.39, 0.29) is 11.9 Å². The number of hydrogen-bond acceptors (Lipinski definition) is 6. The normalized spacial score (nSPS) is 19.4. The van der Waals surface area contributed by atoms with Gasteiger partial charge in [-0.2, -0.15) is 0 Å². The molecular formula is C27H28N2O6. The zero-order valence-electron chi connectivity index (χ0n) is 19.1. The number of carbonyl (C=O) groups is 2. The molecule has 1 fully saturated rings. The largest absolute Gasteiger partial charge is 0.482 e. The van der Waals surface area contributed by atoms with Crippen molar-refractivity contribution < 1.29 is 29.3 Å². The first-order valence-corrected chi connectivity index (χ1v) is 11.5. The van der Waals surface area contributed by atoms with E-state index >= 15 is 0 Å². The summed E-state index contributed by atoms with van der Waals surface area (Å²) < 4.78 is 11.2. The molecule has 0 heterocycles. The maximum atomic E-state index is 12.8. The monoisotopic (exact) mass is 476 g/mol. The number of nitrogens with one attached hydrogen (secondary N) is 2. The van der Waals surface area contributed by atoms with Gasteiger partial charge in [-0.3, -0.25) is 4.79 Å². The molecule has 182 valence electrons. The summed E-state index contributed by atoms with van der Waals surface area (Å²) in [7, 11) is 0. The van der Waals surface area contributed by atoms with Gasteiger partial charge in [0.05, 0.1) is 23.9 Å². The van der Waals surface area contributed by atoms with Crippen LogP contribution < -0.4 is 20.1 Å². The number of carboxylic acid groups (broad SMARTS) is 1. The van der Waals surface area contributed by atoms with Crippen LogP contribution in [0.5, 0.6) is 17.2 Å². The van der Waals surface area contributed by atoms with Crippen LogP contribution >= 0.6 is 0 Å². The van der Waals surface area contributed by atoms with Crippen LogP contribution in [0.25, 0.3) is 0 Å². The molecule has 35 heavy (non-hydrogen) atoms. The lowest BCUT2D eigenvalue weighted by atomic mass is 9.87. The van der Waals surface area contributed by atoms with Gasteiger partial charge in [0.2, 0.25) is 0 Å². The van der Waals surface area contributed by atoms with Gasteiger partial charge in [-0.15, -0.1) is 0 Å². The molecule has 8 nitrogen and oxygen atoms in total. The average molecular weight is 477 g/mol. The molecule has 8 heteroatoms. The third-order valence-corrected chi connectivity index (χ3v) is 5.83. The summed E-state index contributed by atoms with van der Waals surface area (Å²) >= 11 is 0. The predicted octanol–water partition coefficient (Wildman–Crippen LogP) is 4.07. The first-order chi connectivity index (χ1) is 17.0. The Morgan fingerprint density at radius 3 is 2.40 bits per heavy atom. The molecule has 1 aliphatic carbocycles. The summed E-state index contributed by atoms with van der Waals surface area (Å²) in [6.45, 7) is -0.491. The van der Waals surface area contributed by atoms with Crippen molar-refractivity contribution in [2.45, 2.75) is 37.5 Å². The Morgan fingerprint density at radius 2 is 1.60 bits per heavy atom. The summed E-state index contributed by atoms with van der Waals surface area (Å²) in [5.41, 5.74) is 1.09. The Labute approximate surface area is 203 Å². The molecule has 4 N–H and O–H groups in total. The second-order valence-electron chi connectivity index (χ2n) is 8.37. The fraction of sp³-hybridized carbons (Fsp3) is 0.259. The standard InChI is InChI=1S/C27H28N2O6/c30-25(31)17-34-20-11-6-8-18(16-20)27(33)29-23-14-7-13-22(26(23)32)28-21-12-4-5-15-24(21)35-19-9-2-1-3-10-19/h1-6,8-12,15-16,22-23,26,28,32H,7,13-14,17H2,(H,29,33)(H,30,31)/t22-,23-,26+/m1/s1. The summed E-state index contributed by atoms with van der Waals surface area (Å²) in [4.78, 5) is 23.6. The molecule has 0 bridgehead atoms. The van der Waals surface area contributed by atoms with E-state index in [2.05, 4.69) is 10.6 Å². The maximum Gasteiger partial charge on any atom is 0.341 e. The first-order valence-electron chi connectivity index (χ1n) is 11.5. The summed E-state index contributed by atoms with van der Waals surface area (Å²) in [6.07, 6.45) is 1.39. The topological polar surface area (TPSA) is 117 Å². The first kappa shape index (κ1) is 24.1. The minimum absolute atomic E-state index is 0.278. The lowest BCUT2D eigenvalue weighted by Gasteiger charge is -2.36. The summed E-state index contributed by atoms with van der Waals surface area (Å²) in [5.74, 6) is 0.197. The van der Waals surface area contributed by atoms with E-state index in [0.29, 0.717) is 29.2 Å². The van der Waals surface area contributed by atoms with Gasteiger partial charge in [0.1, 0.15) is 11.5 Å². The Kier molecular flexibility index (Phi) is 7.84. The maximum absolute atomic E-state index is 12.8. The van der Waals surface area contributed by atoms with Gasteiger partial charge in [0, 0.05) is 5.56 Å². The molecule has 3 aromatic rings. The molecule has 0 saturated heterocycles. The van der Waals surface area contributed by atoms with E-state index < -0.39 is 24.7 Å². The van der Waals surface area contributed by atoms with Gasteiger partial charge in [0.15, 0.2) is 12.4 Å². The van der Waals surface area contributed by atoms with Gasteiger partial charge in [0.25, 0.3) is 5.91 Å². The van der Waals surface area contributed by atoms with E-state index in [1.165, 1.54) is 6.07 Å². The van der Waals surface area contributed by atoms with Crippen LogP contribution in [0.4, 0.5) is 5.69 Å². The Bertz CT molecular complexity index is 1150. The number of hydrogen-bond donors (Lipinski definition) is 4. The molecule has 0 aliphatic heterocycles. The molecule has 3 aromatic carbocycles. The van der Waals surface area contributed by atoms with Crippen LogP contribution in [0.2, 0.25) is 0 Å². The van der Waals surface area contributed by atoms with Crippen LogP contribution in [0.3, 0.4) is 0 Å². The van der Waals surface area contributed by atoms with Crippen LogP contribution in [-0.2, 0) is 4.79 Å². The van der Waals surface area contributed by atoms with Crippen molar-refractivity contribution in [3.63, 3.8) is 0 Å². The molecule has 3 atom stereocenters. The van der Waals surface area contributed by atoms with Crippen LogP contribution in [-0.4, -0.2) is 46.9 Å². The van der Waals surface area contributed by atoms with Crippen LogP contribution in [0.15, 0.2) is 78.9 Å². The fourth-order valence-corrected chi connectivity index (χ4v) is 4.11. The van der Waals surface area contributed by atoms with Crippen molar-refractivity contribution in [1.29, 1.82) is 0 Å². The van der Waals surface area contributed by atoms with Gasteiger partial charge < -0.3 is 30.3 Å². The molecule has 1 aliphatic rings. The number of carboxylic acids is 1. The van der Waals surface area contributed by atoms with Crippen LogP contribution in [0, 0.1) is 0 Å². The van der Waals surface area contributed by atoms with Crippen molar-refractivity contribution in [1.82, 2.24) is 5.32 Å². The quantitative estimate of drug-likeness (QED) is 0.368. The molecule has 0 radical (unpaired) electrons. The molecule has 0 spiro atoms. The lowest BCUT2D eigenvalue weighted by molar-refractivity contribution is -0.139. The molecule has 4 rings (SSSR count). The lowest BCUT2D eigenvalue weighted by Crippen LogP contribution is -2.53. The van der Waals surface area contributed by atoms with E-state index in [1.807, 2.05) is 54.6 Å². The SMILES string of the molecule is O=C(O)COc1cccc(C(=O)N[C@@H]2CCC[C@@H](Nc3ccccc3Oc3ccccc3)[C@@H]2O)c1. The number of rotatable bonds is 9. The van der Waals surface area contributed by atoms with Crippen molar-refractivity contribution in [2.75, 3.05) is 11.9 Å². The van der Waals surface area contributed by atoms with Crippen molar-refractivity contribution in [3.05, 3.63) is 84.4 Å². The number of para-hydroxylation sites is 3. The number of benzene rings is 3. The molecular weight excluding hydrogens is 448 g/mol. The van der Waals surface area contributed by atoms with Crippen molar-refractivity contribution >= 4 is 17.6 Å². The van der Waals surface area contributed by atoms with Crippen molar-refractivity contribution in [3.8, 4) is 17.2 Å². The minimum Gasteiger partial charge on any atom is -0.482 e. The van der Waals surface area contributed by atoms with Gasteiger partial charge >= 0.3 is 5.97 Å². The number of amides is 1. The number of aliphatic carboxylic acids is 1. The second-order valence-corrected chi connectivity index (χ2v) is 8.37. The predicted molar refractivity (Wildman–Crippen MR) is 131 cm³/mol. The number of aliphatic hydroxyl groups excluding tert-OH is 1. The van der Waals surface area contributed by atoms with Crippen molar-refractivity contribution in [2.24, 2.45) is 0 Å². The molecule has 0 aromatic heterocycles. The highest BCUT2D eigenvalue weighted by molar-refractivity contribution is 5.94. The van der Waals surface area contributed by atoms with E-state index in [0.717, 1.165) is 18.5 Å². The summed E-state index contributed by atoms with van der Waals surface area (Å²) in [6, 6.07) is 22.6. The number of ether oxygens (including phenoxy) is 2. The van der Waals surface area contributed by atoms with Gasteiger partial charge in [-0.05, 0) is 61.7 Å². The highest BCUT2D eigenvalue weighted by Crippen LogP contribution is 2.32. The highest BCUT2D eigenvalue weighted by atomic mass is 16.5. The third kappa shape index (κ3) is 6.51. The Balaban J connectivity index is 1.40. The highest BCUT2D eigenvalue weighted by Gasteiger charge is 2.33. The molecule has 1 amide bonds. The zero-order chi connectivity index (χ0) is 24.6. The Hall–Kier alpha value is -4.04. The molecule has 1 saturated carbocycles. The number of aliphatic hydroxyl groups is 1. The van der Waals surface area contributed by atoms with E-state index in [1.54, 1.807) is 18.2 Å². The average Bonchev–Trinajstić information content (AvgIpc) is 2.87. The number of carbonyl (C=O) groups excluding carboxylic acids is 1. The fourth-order valence-electron chi connectivity index (χ4n) is 4.11. The van der Waals surface area contributed by atoms with Gasteiger partial charge in [-0.25, -0.2) is 4.79 Å². The third-order valence-electron chi connectivity index (χ3n) is 5.83. The van der Waals surface area contributed by atoms with Crippen LogP contribution in [0.1, 0.15) is 29.6 Å². The summed E-state index contributed by atoms with van der Waals surface area (Å²) in [5, 5.41) is 26.1. The molecule has 0 unspecified atom stereocenters. The van der Waals surface area contributed by atoms with E-state index in [9.17, 15) is 14.7 Å². The smallest absolute Gasteiger partial charge is 0.341 e. The zero-order valence-corrected chi connectivity index (χ0v) is 19.1. The minimum atomic E-state index is -1.10.